The maximum Gasteiger partial charge on any atom is 0.174 e. The Labute approximate surface area is 148 Å². The highest BCUT2D eigenvalue weighted by Gasteiger charge is 2.44. The number of para-hydroxylation sites is 1. The van der Waals surface area contributed by atoms with Gasteiger partial charge in [-0.3, -0.25) is 9.79 Å². The zero-order valence-electron chi connectivity index (χ0n) is 12.7. The zero-order valence-corrected chi connectivity index (χ0v) is 14.3. The highest BCUT2D eigenvalue weighted by molar-refractivity contribution is 8.00. The van der Waals surface area contributed by atoms with E-state index in [1.54, 1.807) is 23.1 Å². The number of Topliss-reactive ketones (excluding diaryl/α,β-unsaturated/α-hetero) is 1. The van der Waals surface area contributed by atoms with Crippen LogP contribution in [0.3, 0.4) is 0 Å². The first kappa shape index (κ1) is 14.2. The Hall–Kier alpha value is -2.17. The van der Waals surface area contributed by atoms with Crippen LogP contribution in [0.25, 0.3) is 0 Å². The Balaban J connectivity index is 1.78. The largest absolute Gasteiger partial charge is 0.293 e. The summed E-state index contributed by atoms with van der Waals surface area (Å²) in [5.41, 5.74) is 3.69. The molecule has 2 aromatic carbocycles. The molecule has 1 unspecified atom stereocenters. The minimum atomic E-state index is -0.210. The van der Waals surface area contributed by atoms with Crippen molar-refractivity contribution in [3.05, 3.63) is 82.0 Å². The van der Waals surface area contributed by atoms with Crippen molar-refractivity contribution < 1.29 is 4.79 Å². The molecule has 24 heavy (non-hydrogen) atoms. The second-order valence-electron chi connectivity index (χ2n) is 5.91. The number of thioether (sulfide) groups is 1. The number of carbonyl (C=O) groups is 1. The molecule has 0 saturated heterocycles. The van der Waals surface area contributed by atoms with Gasteiger partial charge in [-0.1, -0.05) is 42.5 Å². The van der Waals surface area contributed by atoms with Crippen molar-refractivity contribution in [1.82, 2.24) is 0 Å². The summed E-state index contributed by atoms with van der Waals surface area (Å²) in [5.74, 6) is -0.0125. The van der Waals surface area contributed by atoms with E-state index in [1.165, 1.54) is 4.88 Å². The summed E-state index contributed by atoms with van der Waals surface area (Å²) in [7, 11) is 0. The topological polar surface area (TPSA) is 29.4 Å². The molecule has 0 saturated carbocycles. The smallest absolute Gasteiger partial charge is 0.174 e. The van der Waals surface area contributed by atoms with Crippen molar-refractivity contribution in [2.75, 3.05) is 0 Å². The molecule has 5 rings (SSSR count). The minimum absolute atomic E-state index is 0.0762. The summed E-state index contributed by atoms with van der Waals surface area (Å²) < 4.78 is 0. The monoisotopic (exact) mass is 347 g/mol. The maximum absolute atomic E-state index is 13.2. The summed E-state index contributed by atoms with van der Waals surface area (Å²) in [6.07, 6.45) is 0. The number of hydrogen-bond acceptors (Lipinski definition) is 4. The molecule has 116 valence electrons. The van der Waals surface area contributed by atoms with Crippen LogP contribution in [-0.4, -0.2) is 11.5 Å². The Bertz CT molecular complexity index is 975. The van der Waals surface area contributed by atoms with Crippen molar-refractivity contribution in [2.45, 2.75) is 10.1 Å². The van der Waals surface area contributed by atoms with Crippen molar-refractivity contribution >= 4 is 40.3 Å². The molecule has 2 aliphatic rings. The molecule has 0 N–H and O–H groups in total. The summed E-state index contributed by atoms with van der Waals surface area (Å²) in [6.45, 7) is 0. The fourth-order valence-electron chi connectivity index (χ4n) is 3.45. The van der Waals surface area contributed by atoms with Crippen molar-refractivity contribution in [2.24, 2.45) is 10.9 Å². The van der Waals surface area contributed by atoms with Gasteiger partial charge in [0.15, 0.2) is 5.78 Å². The van der Waals surface area contributed by atoms with Gasteiger partial charge in [0, 0.05) is 20.9 Å². The number of fused-ring (bicyclic) bond motifs is 4. The predicted octanol–water partition coefficient (Wildman–Crippen LogP) is 5.53. The molecule has 4 heteroatoms. The number of benzene rings is 2. The molecule has 1 aromatic heterocycles. The van der Waals surface area contributed by atoms with Gasteiger partial charge < -0.3 is 0 Å². The highest BCUT2D eigenvalue weighted by Crippen LogP contribution is 2.52. The predicted molar refractivity (Wildman–Crippen MR) is 99.8 cm³/mol. The lowest BCUT2D eigenvalue weighted by atomic mass is 9.97. The van der Waals surface area contributed by atoms with E-state index in [0.29, 0.717) is 0 Å². The molecule has 2 heterocycles. The van der Waals surface area contributed by atoms with E-state index >= 15 is 0 Å². The van der Waals surface area contributed by atoms with Crippen LogP contribution in [0.1, 0.15) is 26.0 Å². The van der Waals surface area contributed by atoms with Gasteiger partial charge in [-0.05, 0) is 23.6 Å². The highest BCUT2D eigenvalue weighted by atomic mass is 32.2. The minimum Gasteiger partial charge on any atom is -0.293 e. The van der Waals surface area contributed by atoms with Gasteiger partial charge >= 0.3 is 0 Å². The standard InChI is InChI=1S/C20H13NOS2/c22-19-13-7-2-1-6-12(13)18-17(19)20(16-10-5-11-23-16)24-15-9-4-3-8-14(15)21-18/h1-11,17,20H/t17?,20-/m1/s1. The van der Waals surface area contributed by atoms with Crippen LogP contribution in [0.5, 0.6) is 0 Å². The summed E-state index contributed by atoms with van der Waals surface area (Å²) in [4.78, 5) is 20.5. The van der Waals surface area contributed by atoms with Crippen LogP contribution in [0.4, 0.5) is 5.69 Å². The van der Waals surface area contributed by atoms with E-state index in [1.807, 2.05) is 42.5 Å². The third-order valence-electron chi connectivity index (χ3n) is 4.53. The zero-order chi connectivity index (χ0) is 16.1. The Morgan fingerprint density at radius 2 is 1.67 bits per heavy atom. The quantitative estimate of drug-likeness (QED) is 0.579. The van der Waals surface area contributed by atoms with Crippen molar-refractivity contribution in [3.8, 4) is 0 Å². The number of thiophene rings is 1. The second-order valence-corrected chi connectivity index (χ2v) is 8.07. The fourth-order valence-corrected chi connectivity index (χ4v) is 5.75. The number of carbonyl (C=O) groups excluding carboxylic acids is 1. The average Bonchev–Trinajstić information content (AvgIpc) is 3.19. The molecular formula is C20H13NOS2. The van der Waals surface area contributed by atoms with E-state index in [2.05, 4.69) is 23.6 Å². The van der Waals surface area contributed by atoms with E-state index in [-0.39, 0.29) is 17.0 Å². The van der Waals surface area contributed by atoms with E-state index < -0.39 is 0 Å². The molecule has 2 nitrogen and oxygen atoms in total. The first-order chi connectivity index (χ1) is 11.8. The molecule has 1 aliphatic carbocycles. The Morgan fingerprint density at radius 1 is 0.875 bits per heavy atom. The van der Waals surface area contributed by atoms with Crippen LogP contribution in [0.2, 0.25) is 0 Å². The van der Waals surface area contributed by atoms with Crippen LogP contribution in [0, 0.1) is 5.92 Å². The summed E-state index contributed by atoms with van der Waals surface area (Å²) in [6, 6.07) is 20.2. The van der Waals surface area contributed by atoms with E-state index in [4.69, 9.17) is 4.99 Å². The number of hydrogen-bond donors (Lipinski definition) is 0. The molecule has 0 fully saturated rings. The molecule has 1 aliphatic heterocycles. The SMILES string of the molecule is O=C1c2ccccc2C2=Nc3ccccc3S[C@H](c3cccs3)C12. The lowest BCUT2D eigenvalue weighted by Gasteiger charge is -2.19. The number of ketones is 1. The number of nitrogens with zero attached hydrogens (tertiary/aromatic N) is 1. The van der Waals surface area contributed by atoms with Crippen LogP contribution in [0.15, 0.2) is 75.9 Å². The van der Waals surface area contributed by atoms with Crippen LogP contribution < -0.4 is 0 Å². The molecular weight excluding hydrogens is 334 g/mol. The molecule has 0 spiro atoms. The fraction of sp³-hybridized carbons (Fsp3) is 0.100. The summed E-state index contributed by atoms with van der Waals surface area (Å²) in [5, 5.41) is 2.16. The lowest BCUT2D eigenvalue weighted by molar-refractivity contribution is 0.0960. The lowest BCUT2D eigenvalue weighted by Crippen LogP contribution is -2.21. The Morgan fingerprint density at radius 3 is 2.50 bits per heavy atom. The van der Waals surface area contributed by atoms with Gasteiger partial charge in [0.1, 0.15) is 0 Å². The second kappa shape index (κ2) is 5.43. The third kappa shape index (κ3) is 2.03. The first-order valence-corrected chi connectivity index (χ1v) is 9.60. The van der Waals surface area contributed by atoms with Gasteiger partial charge in [-0.2, -0.15) is 0 Å². The van der Waals surface area contributed by atoms with Crippen LogP contribution >= 0.6 is 23.1 Å². The van der Waals surface area contributed by atoms with Gasteiger partial charge in [0.2, 0.25) is 0 Å². The van der Waals surface area contributed by atoms with Crippen LogP contribution in [-0.2, 0) is 0 Å². The molecule has 0 amide bonds. The molecule has 0 bridgehead atoms. The van der Waals surface area contributed by atoms with Gasteiger partial charge in [-0.15, -0.1) is 23.1 Å². The average molecular weight is 347 g/mol. The molecule has 3 aromatic rings. The molecule has 2 atom stereocenters. The number of rotatable bonds is 1. The van der Waals surface area contributed by atoms with E-state index in [9.17, 15) is 4.79 Å². The number of aliphatic imine (C=N–C) groups is 1. The van der Waals surface area contributed by atoms with Crippen molar-refractivity contribution in [1.29, 1.82) is 0 Å². The van der Waals surface area contributed by atoms with E-state index in [0.717, 1.165) is 27.4 Å². The first-order valence-electron chi connectivity index (χ1n) is 7.84. The summed E-state index contributed by atoms with van der Waals surface area (Å²) >= 11 is 3.48. The Kier molecular flexibility index (Phi) is 3.21. The van der Waals surface area contributed by atoms with Gasteiger partial charge in [0.25, 0.3) is 0 Å². The molecule has 0 radical (unpaired) electrons. The van der Waals surface area contributed by atoms with Crippen molar-refractivity contribution in [3.63, 3.8) is 0 Å². The maximum atomic E-state index is 13.2. The normalized spacial score (nSPS) is 21.5. The van der Waals surface area contributed by atoms with Gasteiger partial charge in [0.05, 0.1) is 22.6 Å². The third-order valence-corrected chi connectivity index (χ3v) is 7.02. The van der Waals surface area contributed by atoms with Gasteiger partial charge in [-0.25, -0.2) is 0 Å².